The van der Waals surface area contributed by atoms with Crippen LogP contribution in [0.3, 0.4) is 0 Å². The number of nitriles is 1. The Morgan fingerprint density at radius 2 is 0.746 bits per heavy atom. The van der Waals surface area contributed by atoms with Gasteiger partial charge in [-0.15, -0.1) is 0 Å². The monoisotopic (exact) mass is 802 g/mol. The molecule has 0 bridgehead atoms. The molecule has 4 heteroatoms. The molecule has 2 heterocycles. The van der Waals surface area contributed by atoms with Gasteiger partial charge in [-0.05, 0) is 69.3 Å². The Kier molecular flexibility index (Phi) is 9.54. The van der Waals surface area contributed by atoms with Crippen LogP contribution in [0.25, 0.3) is 106 Å². The Labute approximate surface area is 366 Å². The summed E-state index contributed by atoms with van der Waals surface area (Å²) in [6.07, 6.45) is 0. The van der Waals surface area contributed by atoms with Crippen LogP contribution < -0.4 is 0 Å². The maximum atomic E-state index is 10.9. The van der Waals surface area contributed by atoms with Gasteiger partial charge in [-0.2, -0.15) is 5.26 Å². The van der Waals surface area contributed by atoms with E-state index in [0.29, 0.717) is 22.8 Å². The fraction of sp³-hybridized carbons (Fsp3) is 0. The summed E-state index contributed by atoms with van der Waals surface area (Å²) in [5.74, 6) is 0.523. The Morgan fingerprint density at radius 1 is 0.349 bits per heavy atom. The summed E-state index contributed by atoms with van der Waals surface area (Å²) in [6, 6.07) is 82.8. The molecule has 0 N–H and O–H groups in total. The number of fused-ring (bicyclic) bond motifs is 3. The molecular weight excluding hydrogens is 765 g/mol. The maximum absolute atomic E-state index is 10.9. The zero-order chi connectivity index (χ0) is 42.1. The number of rotatable bonds is 8. The summed E-state index contributed by atoms with van der Waals surface area (Å²) in [6.45, 7) is 0. The van der Waals surface area contributed by atoms with Crippen molar-refractivity contribution < 1.29 is 0 Å². The summed E-state index contributed by atoms with van der Waals surface area (Å²) in [5, 5.41) is 13.2. The molecule has 11 aromatic rings. The molecule has 294 valence electrons. The average Bonchev–Trinajstić information content (AvgIpc) is 3.70. The SMILES string of the molecule is N#Cc1c(-c2ccccc2)nc(-c2c(-n3c4ccc(-c5ccccc5)cc4c4cc(-c5ccccc5)ccc43)ccc(-c3ccccc3)c2-c2ccccc2)nc1-c1ccccc1. The van der Waals surface area contributed by atoms with Crippen molar-refractivity contribution in [2.75, 3.05) is 0 Å². The van der Waals surface area contributed by atoms with Gasteiger partial charge >= 0.3 is 0 Å². The molecule has 0 atom stereocenters. The Hall–Kier alpha value is -8.65. The molecule has 63 heavy (non-hydrogen) atoms. The van der Waals surface area contributed by atoms with Crippen LogP contribution in [-0.4, -0.2) is 14.5 Å². The Balaban J connectivity index is 1.30. The van der Waals surface area contributed by atoms with Crippen LogP contribution in [0.5, 0.6) is 0 Å². The highest BCUT2D eigenvalue weighted by Gasteiger charge is 2.27. The zero-order valence-corrected chi connectivity index (χ0v) is 34.2. The molecule has 11 rings (SSSR count). The van der Waals surface area contributed by atoms with E-state index in [0.717, 1.165) is 88.7 Å². The van der Waals surface area contributed by atoms with E-state index >= 15 is 0 Å². The molecule has 2 aromatic heterocycles. The highest BCUT2D eigenvalue weighted by atomic mass is 15.0. The summed E-state index contributed by atoms with van der Waals surface area (Å²) in [5.41, 5.74) is 15.9. The third kappa shape index (κ3) is 6.75. The van der Waals surface area contributed by atoms with Gasteiger partial charge in [0.15, 0.2) is 5.82 Å². The third-order valence-corrected chi connectivity index (χ3v) is 11.9. The smallest absolute Gasteiger partial charge is 0.163 e. The van der Waals surface area contributed by atoms with Gasteiger partial charge in [0.1, 0.15) is 11.6 Å². The lowest BCUT2D eigenvalue weighted by atomic mass is 9.88. The van der Waals surface area contributed by atoms with Crippen LogP contribution in [0.4, 0.5) is 0 Å². The number of hydrogen-bond donors (Lipinski definition) is 0. The van der Waals surface area contributed by atoms with Gasteiger partial charge in [-0.1, -0.05) is 200 Å². The second-order valence-electron chi connectivity index (χ2n) is 15.6. The second kappa shape index (κ2) is 16.1. The first kappa shape index (κ1) is 37.4. The highest BCUT2D eigenvalue weighted by molar-refractivity contribution is 6.13. The van der Waals surface area contributed by atoms with Crippen LogP contribution in [0.2, 0.25) is 0 Å². The van der Waals surface area contributed by atoms with Crippen LogP contribution in [0.1, 0.15) is 5.56 Å². The Bertz CT molecular complexity index is 3310. The molecule has 0 saturated carbocycles. The van der Waals surface area contributed by atoms with Crippen molar-refractivity contribution in [3.05, 3.63) is 236 Å². The van der Waals surface area contributed by atoms with E-state index in [1.54, 1.807) is 0 Å². The van der Waals surface area contributed by atoms with Crippen LogP contribution >= 0.6 is 0 Å². The third-order valence-electron chi connectivity index (χ3n) is 11.9. The first-order chi connectivity index (χ1) is 31.2. The molecule has 0 unspecified atom stereocenters. The summed E-state index contributed by atoms with van der Waals surface area (Å²) in [7, 11) is 0. The van der Waals surface area contributed by atoms with E-state index in [1.807, 2.05) is 60.7 Å². The summed E-state index contributed by atoms with van der Waals surface area (Å²) in [4.78, 5) is 11.0. The van der Waals surface area contributed by atoms with Crippen molar-refractivity contribution in [3.63, 3.8) is 0 Å². The van der Waals surface area contributed by atoms with E-state index < -0.39 is 0 Å². The van der Waals surface area contributed by atoms with Crippen molar-refractivity contribution in [1.29, 1.82) is 5.26 Å². The van der Waals surface area contributed by atoms with Crippen LogP contribution in [-0.2, 0) is 0 Å². The van der Waals surface area contributed by atoms with Gasteiger partial charge in [-0.3, -0.25) is 0 Å². The zero-order valence-electron chi connectivity index (χ0n) is 34.2. The predicted octanol–water partition coefficient (Wildman–Crippen LogP) is 15.1. The van der Waals surface area contributed by atoms with Gasteiger partial charge in [0.25, 0.3) is 0 Å². The van der Waals surface area contributed by atoms with Gasteiger partial charge in [0.05, 0.1) is 33.7 Å². The minimum atomic E-state index is 0.428. The molecule has 9 aromatic carbocycles. The standard InChI is InChI=1S/C59H38N4/c60-39-51-57(44-27-15-5-16-28-44)61-59(62-58(51)45-29-17-6-18-30-45)56-54(36-33-48(42-23-11-3-12-24-42)55(56)43-25-13-4-14-26-43)63-52-34-31-46(40-19-7-1-8-20-40)37-49(52)50-38-47(32-35-53(50)63)41-21-9-2-10-22-41/h1-38H. The Morgan fingerprint density at radius 3 is 1.17 bits per heavy atom. The van der Waals surface area contributed by atoms with Crippen molar-refractivity contribution in [3.8, 4) is 90.2 Å². The highest BCUT2D eigenvalue weighted by Crippen LogP contribution is 2.47. The van der Waals surface area contributed by atoms with E-state index in [9.17, 15) is 5.26 Å². The normalized spacial score (nSPS) is 11.2. The molecular formula is C59H38N4. The average molecular weight is 803 g/mol. The van der Waals surface area contributed by atoms with E-state index in [1.165, 1.54) is 0 Å². The first-order valence-corrected chi connectivity index (χ1v) is 21.1. The predicted molar refractivity (Wildman–Crippen MR) is 259 cm³/mol. The van der Waals surface area contributed by atoms with Gasteiger partial charge in [0.2, 0.25) is 0 Å². The van der Waals surface area contributed by atoms with Gasteiger partial charge < -0.3 is 4.57 Å². The quantitative estimate of drug-likeness (QED) is 0.154. The molecule has 0 fully saturated rings. The first-order valence-electron chi connectivity index (χ1n) is 21.1. The molecule has 0 aliphatic rings. The number of hydrogen-bond acceptors (Lipinski definition) is 3. The number of nitrogens with zero attached hydrogens (tertiary/aromatic N) is 4. The van der Waals surface area contributed by atoms with E-state index in [-0.39, 0.29) is 0 Å². The molecule has 0 saturated heterocycles. The maximum Gasteiger partial charge on any atom is 0.163 e. The molecule has 0 spiro atoms. The lowest BCUT2D eigenvalue weighted by Crippen LogP contribution is -2.06. The second-order valence-corrected chi connectivity index (χ2v) is 15.6. The molecule has 0 aliphatic carbocycles. The van der Waals surface area contributed by atoms with E-state index in [2.05, 4.69) is 180 Å². The van der Waals surface area contributed by atoms with Crippen molar-refractivity contribution in [2.45, 2.75) is 0 Å². The van der Waals surface area contributed by atoms with Gasteiger partial charge in [-0.25, -0.2) is 9.97 Å². The topological polar surface area (TPSA) is 54.5 Å². The fourth-order valence-electron chi connectivity index (χ4n) is 8.96. The van der Waals surface area contributed by atoms with Crippen LogP contribution in [0, 0.1) is 11.3 Å². The van der Waals surface area contributed by atoms with Crippen LogP contribution in [0.15, 0.2) is 231 Å². The summed E-state index contributed by atoms with van der Waals surface area (Å²) < 4.78 is 2.39. The lowest BCUT2D eigenvalue weighted by molar-refractivity contribution is 1.13. The van der Waals surface area contributed by atoms with E-state index in [4.69, 9.17) is 9.97 Å². The van der Waals surface area contributed by atoms with Gasteiger partial charge in [0, 0.05) is 27.5 Å². The molecule has 0 aliphatic heterocycles. The molecule has 4 nitrogen and oxygen atoms in total. The minimum absolute atomic E-state index is 0.428. The van der Waals surface area contributed by atoms with Crippen molar-refractivity contribution in [2.24, 2.45) is 0 Å². The molecule has 0 radical (unpaired) electrons. The van der Waals surface area contributed by atoms with Crippen molar-refractivity contribution in [1.82, 2.24) is 14.5 Å². The molecule has 0 amide bonds. The lowest BCUT2D eigenvalue weighted by Gasteiger charge is -2.22. The number of benzene rings is 9. The summed E-state index contributed by atoms with van der Waals surface area (Å²) >= 11 is 0. The fourth-order valence-corrected chi connectivity index (χ4v) is 8.96. The van der Waals surface area contributed by atoms with Crippen molar-refractivity contribution >= 4 is 21.8 Å². The number of aromatic nitrogens is 3. The largest absolute Gasteiger partial charge is 0.308 e. The minimum Gasteiger partial charge on any atom is -0.308 e.